The van der Waals surface area contributed by atoms with Crippen LogP contribution >= 0.6 is 0 Å². The number of benzene rings is 1. The van der Waals surface area contributed by atoms with Gasteiger partial charge >= 0.3 is 12.6 Å². The lowest BCUT2D eigenvalue weighted by Gasteiger charge is -2.21. The predicted molar refractivity (Wildman–Crippen MR) is 116 cm³/mol. The smallest absolute Gasteiger partial charge is 0.412 e. The highest BCUT2D eigenvalue weighted by Crippen LogP contribution is 2.39. The lowest BCUT2D eigenvalue weighted by atomic mass is 10.2. The number of aromatic nitrogens is 3. The molecule has 12 nitrogen and oxygen atoms in total. The maximum Gasteiger partial charge on any atom is 0.412 e. The van der Waals surface area contributed by atoms with E-state index < -0.39 is 12.6 Å². The molecule has 2 heterocycles. The van der Waals surface area contributed by atoms with Crippen LogP contribution in [0.1, 0.15) is 12.5 Å². The van der Waals surface area contributed by atoms with Gasteiger partial charge in [-0.2, -0.15) is 0 Å². The van der Waals surface area contributed by atoms with Crippen molar-refractivity contribution in [1.82, 2.24) is 14.6 Å². The first kappa shape index (κ1) is 23.9. The number of anilines is 1. The number of ether oxygens (including phenoxy) is 7. The second kappa shape index (κ2) is 11.2. The van der Waals surface area contributed by atoms with Crippen LogP contribution in [0.5, 0.6) is 23.1 Å². The number of carbonyl (C=O) groups is 1. The number of rotatable bonds is 11. The monoisotopic (exact) mass is 462 g/mol. The molecule has 0 aliphatic heterocycles. The first-order chi connectivity index (χ1) is 16.0. The quantitative estimate of drug-likeness (QED) is 0.425. The molecular formula is C21H26N4O8. The van der Waals surface area contributed by atoms with Gasteiger partial charge in [0.05, 0.1) is 34.1 Å². The van der Waals surface area contributed by atoms with Crippen LogP contribution in [0.15, 0.2) is 30.5 Å². The molecule has 0 aliphatic rings. The Kier molecular flexibility index (Phi) is 8.11. The van der Waals surface area contributed by atoms with Gasteiger partial charge in [-0.05, 0) is 30.7 Å². The third-order valence-electron chi connectivity index (χ3n) is 4.33. The lowest BCUT2D eigenvalue weighted by molar-refractivity contribution is -0.231. The summed E-state index contributed by atoms with van der Waals surface area (Å²) in [4.78, 5) is 15.6. The van der Waals surface area contributed by atoms with Crippen LogP contribution in [-0.4, -0.2) is 62.2 Å². The molecule has 3 rings (SSSR count). The van der Waals surface area contributed by atoms with Gasteiger partial charge in [-0.3, -0.25) is 5.32 Å². The summed E-state index contributed by atoms with van der Waals surface area (Å²) in [7, 11) is 5.78. The molecule has 0 saturated carbocycles. The summed E-state index contributed by atoms with van der Waals surface area (Å²) < 4.78 is 39.1. The van der Waals surface area contributed by atoms with E-state index in [9.17, 15) is 4.79 Å². The molecule has 1 atom stereocenters. The highest BCUT2D eigenvalue weighted by molar-refractivity contribution is 5.83. The highest BCUT2D eigenvalue weighted by atomic mass is 16.8. The fourth-order valence-corrected chi connectivity index (χ4v) is 2.83. The summed E-state index contributed by atoms with van der Waals surface area (Å²) in [6.07, 6.45) is 0.922. The average molecular weight is 462 g/mol. The van der Waals surface area contributed by atoms with Crippen molar-refractivity contribution in [1.29, 1.82) is 0 Å². The van der Waals surface area contributed by atoms with Gasteiger partial charge in [0, 0.05) is 13.2 Å². The zero-order valence-electron chi connectivity index (χ0n) is 19.0. The summed E-state index contributed by atoms with van der Waals surface area (Å²) in [5, 5.41) is 6.82. The van der Waals surface area contributed by atoms with E-state index in [2.05, 4.69) is 20.1 Å². The van der Waals surface area contributed by atoms with E-state index in [0.717, 1.165) is 5.56 Å². The van der Waals surface area contributed by atoms with Crippen LogP contribution in [0.4, 0.5) is 10.6 Å². The average Bonchev–Trinajstić information content (AvgIpc) is 3.23. The van der Waals surface area contributed by atoms with Gasteiger partial charge in [0.1, 0.15) is 6.61 Å². The zero-order valence-corrected chi connectivity index (χ0v) is 19.0. The third kappa shape index (κ3) is 5.93. The number of fused-ring (bicyclic) bond motifs is 1. The van der Waals surface area contributed by atoms with Crippen molar-refractivity contribution in [3.63, 3.8) is 0 Å². The van der Waals surface area contributed by atoms with Crippen molar-refractivity contribution in [3.05, 3.63) is 36.0 Å². The summed E-state index contributed by atoms with van der Waals surface area (Å²) >= 11 is 0. The van der Waals surface area contributed by atoms with Crippen molar-refractivity contribution in [2.24, 2.45) is 0 Å². The number of hydrogen-bond acceptors (Lipinski definition) is 10. The second-order valence-electron chi connectivity index (χ2n) is 6.43. The Morgan fingerprint density at radius 1 is 1.12 bits per heavy atom. The van der Waals surface area contributed by atoms with Crippen molar-refractivity contribution in [2.45, 2.75) is 20.0 Å². The number of hydrogen-bond donors (Lipinski definition) is 1. The Hall–Kier alpha value is -3.77. The molecule has 2 aromatic heterocycles. The maximum atomic E-state index is 11.4. The van der Waals surface area contributed by atoms with Crippen LogP contribution < -0.4 is 24.3 Å². The molecule has 0 bridgehead atoms. The van der Waals surface area contributed by atoms with Crippen LogP contribution in [0.3, 0.4) is 0 Å². The Balaban J connectivity index is 1.76. The Labute approximate surface area is 190 Å². The molecule has 1 N–H and O–H groups in total. The molecule has 0 aliphatic carbocycles. The van der Waals surface area contributed by atoms with Gasteiger partial charge in [-0.15, -0.1) is 5.10 Å². The van der Waals surface area contributed by atoms with Gasteiger partial charge in [-0.25, -0.2) is 14.3 Å². The van der Waals surface area contributed by atoms with Crippen LogP contribution in [-0.2, 0) is 20.8 Å². The normalized spacial score (nSPS) is 11.7. The maximum absolute atomic E-state index is 11.4. The van der Waals surface area contributed by atoms with Gasteiger partial charge in [-0.1, -0.05) is 0 Å². The summed E-state index contributed by atoms with van der Waals surface area (Å²) in [6, 6.07) is 6.89. The summed E-state index contributed by atoms with van der Waals surface area (Å²) in [6.45, 7) is 1.50. The Morgan fingerprint density at radius 3 is 2.45 bits per heavy atom. The van der Waals surface area contributed by atoms with Crippen LogP contribution in [0, 0.1) is 0 Å². The topological polar surface area (TPSA) is 124 Å². The molecule has 0 saturated heterocycles. The van der Waals surface area contributed by atoms with Crippen molar-refractivity contribution >= 4 is 17.6 Å². The standard InChI is InChI=1S/C21H26N4O8/c1-6-31-21(30-5)33-19-14(27-2)9-13(10-15(19)28-3)12-32-18-8-7-17-22-16(11-25(17)24-18)23-20(26)29-4/h7-11,21H,6,12H2,1-5H3,(H,23,26). The van der Waals surface area contributed by atoms with E-state index in [0.29, 0.717) is 41.2 Å². The molecule has 12 heteroatoms. The number of carbonyl (C=O) groups excluding carboxylic acids is 1. The van der Waals surface area contributed by atoms with E-state index in [-0.39, 0.29) is 6.61 Å². The predicted octanol–water partition coefficient (Wildman–Crippen LogP) is 2.85. The van der Waals surface area contributed by atoms with Gasteiger partial charge in [0.25, 0.3) is 0 Å². The van der Waals surface area contributed by atoms with Gasteiger partial charge in [0.2, 0.25) is 11.6 Å². The van der Waals surface area contributed by atoms with Crippen LogP contribution in [0.25, 0.3) is 5.65 Å². The molecule has 1 aromatic carbocycles. The molecule has 1 amide bonds. The first-order valence-corrected chi connectivity index (χ1v) is 9.91. The van der Waals surface area contributed by atoms with Crippen molar-refractivity contribution in [3.8, 4) is 23.1 Å². The molecular weight excluding hydrogens is 436 g/mol. The Bertz CT molecular complexity index is 1060. The number of nitrogens with zero attached hydrogens (tertiary/aromatic N) is 3. The van der Waals surface area contributed by atoms with Crippen LogP contribution in [0.2, 0.25) is 0 Å². The van der Waals surface area contributed by atoms with E-state index in [1.165, 1.54) is 33.0 Å². The molecule has 178 valence electrons. The SMILES string of the molecule is CCOC(OC)Oc1c(OC)cc(COc2ccc3nc(NC(=O)OC)cn3n2)cc1OC. The molecule has 0 fully saturated rings. The summed E-state index contributed by atoms with van der Waals surface area (Å²) in [5.41, 5.74) is 1.28. The highest BCUT2D eigenvalue weighted by Gasteiger charge is 2.19. The molecule has 33 heavy (non-hydrogen) atoms. The fraction of sp³-hybridized carbons (Fsp3) is 0.381. The zero-order chi connectivity index (χ0) is 23.8. The molecule has 3 aromatic rings. The number of nitrogens with one attached hydrogen (secondary N) is 1. The van der Waals surface area contributed by atoms with E-state index in [4.69, 9.17) is 28.4 Å². The van der Waals surface area contributed by atoms with E-state index >= 15 is 0 Å². The number of methoxy groups -OCH3 is 4. The number of amides is 1. The largest absolute Gasteiger partial charge is 0.493 e. The fourth-order valence-electron chi connectivity index (χ4n) is 2.83. The Morgan fingerprint density at radius 2 is 1.85 bits per heavy atom. The van der Waals surface area contributed by atoms with E-state index in [1.807, 2.05) is 6.92 Å². The molecule has 1 unspecified atom stereocenters. The summed E-state index contributed by atoms with van der Waals surface area (Å²) in [5.74, 6) is 1.83. The minimum atomic E-state index is -0.912. The second-order valence-corrected chi connectivity index (χ2v) is 6.43. The molecule has 0 spiro atoms. The van der Waals surface area contributed by atoms with Crippen molar-refractivity contribution in [2.75, 3.05) is 40.4 Å². The lowest BCUT2D eigenvalue weighted by Crippen LogP contribution is -2.23. The number of imidazole rings is 1. The molecule has 0 radical (unpaired) electrons. The van der Waals surface area contributed by atoms with Gasteiger partial charge in [0.15, 0.2) is 23.0 Å². The minimum Gasteiger partial charge on any atom is -0.493 e. The van der Waals surface area contributed by atoms with Gasteiger partial charge < -0.3 is 33.2 Å². The first-order valence-electron chi connectivity index (χ1n) is 9.91. The van der Waals surface area contributed by atoms with E-state index in [1.54, 1.807) is 30.5 Å². The third-order valence-corrected chi connectivity index (χ3v) is 4.33. The minimum absolute atomic E-state index is 0.173. The van der Waals surface area contributed by atoms with Crippen molar-refractivity contribution < 1.29 is 38.0 Å².